The molecule has 0 saturated heterocycles. The van der Waals surface area contributed by atoms with Gasteiger partial charge in [-0.2, -0.15) is 0 Å². The van der Waals surface area contributed by atoms with Crippen LogP contribution in [0.4, 0.5) is 0 Å². The molecule has 0 radical (unpaired) electrons. The first-order valence-electron chi connectivity index (χ1n) is 7.78. The second kappa shape index (κ2) is 7.88. The molecule has 1 amide bonds. The number of hydrogen-bond donors (Lipinski definition) is 0. The molecule has 0 bridgehead atoms. The molecule has 0 N–H and O–H groups in total. The van der Waals surface area contributed by atoms with Crippen LogP contribution in [-0.4, -0.2) is 10.8 Å². The lowest BCUT2D eigenvalue weighted by molar-refractivity contribution is -0.133. The molecule has 0 aliphatic rings. The Kier molecular flexibility index (Phi) is 5.39. The van der Waals surface area contributed by atoms with Gasteiger partial charge in [-0.05, 0) is 42.3 Å². The van der Waals surface area contributed by atoms with Gasteiger partial charge >= 0.3 is 0 Å². The van der Waals surface area contributed by atoms with E-state index in [-0.39, 0.29) is 5.91 Å². The molecular formula is C19H18ClNO3. The highest BCUT2D eigenvalue weighted by atomic mass is 35.5. The lowest BCUT2D eigenvalue weighted by Gasteiger charge is -2.20. The molecule has 3 rings (SSSR count). The average molecular weight is 344 g/mol. The fourth-order valence-corrected chi connectivity index (χ4v) is 2.74. The van der Waals surface area contributed by atoms with E-state index in [0.717, 1.165) is 17.1 Å². The van der Waals surface area contributed by atoms with E-state index in [1.165, 1.54) is 0 Å². The Morgan fingerprint density at radius 2 is 1.54 bits per heavy atom. The maximum Gasteiger partial charge on any atom is 0.223 e. The first-order valence-corrected chi connectivity index (χ1v) is 8.16. The zero-order valence-corrected chi connectivity index (χ0v) is 13.9. The predicted molar refractivity (Wildman–Crippen MR) is 91.4 cm³/mol. The standard InChI is InChI=1S/C19H18ClNO3/c20-18-8-2-1-5-15(18)9-10-19(22)21(13-16-6-3-11-23-16)14-17-7-4-12-24-17/h1-8,11-12H,9-10,13-14H2. The van der Waals surface area contributed by atoms with Crippen LogP contribution in [-0.2, 0) is 24.3 Å². The minimum absolute atomic E-state index is 0.0303. The molecule has 0 atom stereocenters. The van der Waals surface area contributed by atoms with E-state index in [1.54, 1.807) is 17.4 Å². The Morgan fingerprint density at radius 3 is 2.08 bits per heavy atom. The summed E-state index contributed by atoms with van der Waals surface area (Å²) in [5, 5.41) is 0.689. The molecule has 5 heteroatoms. The van der Waals surface area contributed by atoms with Crippen LogP contribution in [0.1, 0.15) is 23.5 Å². The molecule has 0 aliphatic carbocycles. The van der Waals surface area contributed by atoms with Crippen LogP contribution in [0, 0.1) is 0 Å². The molecule has 0 saturated carbocycles. The summed E-state index contributed by atoms with van der Waals surface area (Å²) < 4.78 is 10.7. The summed E-state index contributed by atoms with van der Waals surface area (Å²) in [5.41, 5.74) is 0.975. The summed E-state index contributed by atoms with van der Waals surface area (Å²) in [6, 6.07) is 14.9. The third-order valence-corrected chi connectivity index (χ3v) is 4.14. The van der Waals surface area contributed by atoms with Crippen LogP contribution in [0.2, 0.25) is 5.02 Å². The summed E-state index contributed by atoms with van der Waals surface area (Å²) in [6.07, 6.45) is 4.19. The van der Waals surface area contributed by atoms with E-state index in [0.29, 0.717) is 31.0 Å². The molecule has 0 spiro atoms. The van der Waals surface area contributed by atoms with Crippen molar-refractivity contribution in [3.05, 3.63) is 83.2 Å². The van der Waals surface area contributed by atoms with Crippen LogP contribution < -0.4 is 0 Å². The van der Waals surface area contributed by atoms with Crippen molar-refractivity contribution >= 4 is 17.5 Å². The monoisotopic (exact) mass is 343 g/mol. The van der Waals surface area contributed by atoms with Crippen LogP contribution >= 0.6 is 11.6 Å². The van der Waals surface area contributed by atoms with E-state index in [2.05, 4.69) is 0 Å². The van der Waals surface area contributed by atoms with Crippen LogP contribution in [0.25, 0.3) is 0 Å². The molecule has 24 heavy (non-hydrogen) atoms. The van der Waals surface area contributed by atoms with Crippen molar-refractivity contribution < 1.29 is 13.6 Å². The summed E-state index contributed by atoms with van der Waals surface area (Å²) in [7, 11) is 0. The van der Waals surface area contributed by atoms with Crippen LogP contribution in [0.5, 0.6) is 0 Å². The fraction of sp³-hybridized carbons (Fsp3) is 0.211. The Labute approximate surface area is 145 Å². The zero-order chi connectivity index (χ0) is 16.8. The number of furan rings is 2. The van der Waals surface area contributed by atoms with Gasteiger partial charge in [-0.15, -0.1) is 0 Å². The normalized spacial score (nSPS) is 10.7. The fourth-order valence-electron chi connectivity index (χ4n) is 2.51. The minimum atomic E-state index is 0.0303. The maximum atomic E-state index is 12.7. The Bertz CT molecular complexity index is 730. The molecule has 1 aromatic carbocycles. The van der Waals surface area contributed by atoms with Crippen molar-refractivity contribution in [2.24, 2.45) is 0 Å². The number of halogens is 1. The van der Waals surface area contributed by atoms with E-state index < -0.39 is 0 Å². The number of hydrogen-bond acceptors (Lipinski definition) is 3. The summed E-state index contributed by atoms with van der Waals surface area (Å²) in [4.78, 5) is 14.4. The number of carbonyl (C=O) groups is 1. The number of benzene rings is 1. The first-order chi connectivity index (χ1) is 11.7. The number of rotatable bonds is 7. The molecule has 0 unspecified atom stereocenters. The summed E-state index contributed by atoms with van der Waals surface area (Å²) >= 11 is 6.16. The second-order valence-electron chi connectivity index (χ2n) is 5.50. The van der Waals surface area contributed by atoms with Gasteiger partial charge < -0.3 is 13.7 Å². The number of aryl methyl sites for hydroxylation is 1. The third-order valence-electron chi connectivity index (χ3n) is 3.77. The summed E-state index contributed by atoms with van der Waals surface area (Å²) in [5.74, 6) is 1.52. The molecule has 0 aliphatic heterocycles. The quantitative estimate of drug-likeness (QED) is 0.625. The van der Waals surface area contributed by atoms with Gasteiger partial charge in [-0.1, -0.05) is 29.8 Å². The van der Waals surface area contributed by atoms with Crippen LogP contribution in [0.15, 0.2) is 69.9 Å². The van der Waals surface area contributed by atoms with Gasteiger partial charge in [0, 0.05) is 11.4 Å². The highest BCUT2D eigenvalue weighted by Crippen LogP contribution is 2.18. The lowest BCUT2D eigenvalue weighted by Crippen LogP contribution is -2.30. The molecule has 3 aromatic rings. The predicted octanol–water partition coefficient (Wildman–Crippen LogP) is 4.69. The Hall–Kier alpha value is -2.46. The smallest absolute Gasteiger partial charge is 0.223 e. The van der Waals surface area contributed by atoms with E-state index >= 15 is 0 Å². The molecule has 4 nitrogen and oxygen atoms in total. The average Bonchev–Trinajstić information content (AvgIpc) is 3.27. The number of carbonyl (C=O) groups excluding carboxylic acids is 1. The largest absolute Gasteiger partial charge is 0.467 e. The van der Waals surface area contributed by atoms with E-state index in [4.69, 9.17) is 20.4 Å². The summed E-state index contributed by atoms with van der Waals surface area (Å²) in [6.45, 7) is 0.824. The zero-order valence-electron chi connectivity index (χ0n) is 13.2. The van der Waals surface area contributed by atoms with Gasteiger partial charge in [0.1, 0.15) is 11.5 Å². The van der Waals surface area contributed by atoms with E-state index in [9.17, 15) is 4.79 Å². The first kappa shape index (κ1) is 16.4. The van der Waals surface area contributed by atoms with Gasteiger partial charge in [-0.3, -0.25) is 4.79 Å². The highest BCUT2D eigenvalue weighted by Gasteiger charge is 2.17. The molecule has 0 fully saturated rings. The SMILES string of the molecule is O=C(CCc1ccccc1Cl)N(Cc1ccco1)Cc1ccco1. The van der Waals surface area contributed by atoms with Crippen molar-refractivity contribution in [3.8, 4) is 0 Å². The topological polar surface area (TPSA) is 46.6 Å². The van der Waals surface area contributed by atoms with Crippen molar-refractivity contribution in [3.63, 3.8) is 0 Å². The highest BCUT2D eigenvalue weighted by molar-refractivity contribution is 6.31. The maximum absolute atomic E-state index is 12.7. The molecular weight excluding hydrogens is 326 g/mol. The van der Waals surface area contributed by atoms with Gasteiger partial charge in [0.2, 0.25) is 5.91 Å². The second-order valence-corrected chi connectivity index (χ2v) is 5.91. The molecule has 2 aromatic heterocycles. The van der Waals surface area contributed by atoms with Gasteiger partial charge in [0.15, 0.2) is 0 Å². The van der Waals surface area contributed by atoms with Crippen LogP contribution in [0.3, 0.4) is 0 Å². The lowest BCUT2D eigenvalue weighted by atomic mass is 10.1. The van der Waals surface area contributed by atoms with Gasteiger partial charge in [0.05, 0.1) is 25.6 Å². The van der Waals surface area contributed by atoms with Crippen molar-refractivity contribution in [2.75, 3.05) is 0 Å². The minimum Gasteiger partial charge on any atom is -0.467 e. The number of nitrogens with zero attached hydrogens (tertiary/aromatic N) is 1. The third kappa shape index (κ3) is 4.30. The van der Waals surface area contributed by atoms with Gasteiger partial charge in [-0.25, -0.2) is 0 Å². The Balaban J connectivity index is 1.67. The molecule has 2 heterocycles. The van der Waals surface area contributed by atoms with E-state index in [1.807, 2.05) is 48.5 Å². The van der Waals surface area contributed by atoms with Gasteiger partial charge in [0.25, 0.3) is 0 Å². The van der Waals surface area contributed by atoms with Crippen molar-refractivity contribution in [1.29, 1.82) is 0 Å². The number of amides is 1. The molecule has 124 valence electrons. The Morgan fingerprint density at radius 1 is 0.917 bits per heavy atom. The van der Waals surface area contributed by atoms with Crippen molar-refractivity contribution in [2.45, 2.75) is 25.9 Å². The van der Waals surface area contributed by atoms with Crippen molar-refractivity contribution in [1.82, 2.24) is 4.90 Å².